The smallest absolute Gasteiger partial charge is 0.260 e. The normalized spacial score (nSPS) is 34.1. The molecule has 8 bridgehead atoms. The number of benzene rings is 5. The molecule has 0 amide bonds. The first kappa shape index (κ1) is 28.3. The van der Waals surface area contributed by atoms with Crippen LogP contribution in [0, 0.1) is 35.5 Å². The van der Waals surface area contributed by atoms with E-state index in [0.717, 1.165) is 47.0 Å². The summed E-state index contributed by atoms with van der Waals surface area (Å²) in [7, 11) is 0. The number of para-hydroxylation sites is 2. The molecule has 8 fully saturated rings. The first-order valence-corrected chi connectivity index (χ1v) is 20.6. The molecule has 9 aliphatic carbocycles. The minimum Gasteiger partial charge on any atom is -0.458 e. The molecule has 0 aromatic heterocycles. The van der Waals surface area contributed by atoms with Crippen LogP contribution >= 0.6 is 0 Å². The van der Waals surface area contributed by atoms with E-state index in [0.29, 0.717) is 0 Å². The molecule has 16 rings (SSSR count). The van der Waals surface area contributed by atoms with E-state index in [1.807, 2.05) is 0 Å². The van der Waals surface area contributed by atoms with Crippen molar-refractivity contribution in [1.82, 2.24) is 0 Å². The van der Waals surface area contributed by atoms with Gasteiger partial charge in [0.2, 0.25) is 0 Å². The van der Waals surface area contributed by atoms with E-state index >= 15 is 0 Å². The summed E-state index contributed by atoms with van der Waals surface area (Å²) in [6.45, 7) is 0.119. The molecule has 3 heteroatoms. The minimum absolute atomic E-state index is 0.119. The predicted octanol–water partition coefficient (Wildman–Crippen LogP) is 9.73. The number of ether oxygens (including phenoxy) is 2. The van der Waals surface area contributed by atoms with Crippen molar-refractivity contribution in [3.05, 3.63) is 125 Å². The largest absolute Gasteiger partial charge is 0.458 e. The highest BCUT2D eigenvalue weighted by Gasteiger charge is 2.59. The second-order valence-corrected chi connectivity index (χ2v) is 19.1. The average molecular weight is 675 g/mol. The fourth-order valence-electron chi connectivity index (χ4n) is 15.4. The first-order valence-electron chi connectivity index (χ1n) is 20.6. The van der Waals surface area contributed by atoms with Gasteiger partial charge in [-0.1, -0.05) is 84.9 Å². The van der Waals surface area contributed by atoms with Gasteiger partial charge in [-0.2, -0.15) is 0 Å². The summed E-state index contributed by atoms with van der Waals surface area (Å²) in [4.78, 5) is 0. The molecule has 0 saturated heterocycles. The van der Waals surface area contributed by atoms with Crippen molar-refractivity contribution in [2.75, 3.05) is 0 Å². The maximum absolute atomic E-state index is 7.43. The van der Waals surface area contributed by atoms with Gasteiger partial charge in [-0.05, 0) is 161 Å². The molecule has 8 saturated carbocycles. The van der Waals surface area contributed by atoms with Crippen LogP contribution < -0.4 is 25.9 Å². The maximum Gasteiger partial charge on any atom is 0.260 e. The van der Waals surface area contributed by atoms with Gasteiger partial charge in [0.1, 0.15) is 23.0 Å². The molecule has 0 spiro atoms. The highest BCUT2D eigenvalue weighted by atomic mass is 16.5. The summed E-state index contributed by atoms with van der Waals surface area (Å²) in [5, 5.41) is 0. The van der Waals surface area contributed by atoms with Crippen LogP contribution in [0.5, 0.6) is 23.0 Å². The molecule has 0 radical (unpaired) electrons. The maximum atomic E-state index is 7.43. The van der Waals surface area contributed by atoms with E-state index in [-0.39, 0.29) is 23.5 Å². The lowest BCUT2D eigenvalue weighted by Gasteiger charge is -2.43. The van der Waals surface area contributed by atoms with Gasteiger partial charge in [-0.25, -0.2) is 0 Å². The standard InChI is InChI=1S/C49H43BO2/c1-3-9-36-34(7-1)35-8-2-4-10-37(35)44(36)29-19-42-45-43(20-29)52-47-39(49-22-28-17-32(25-49)33(18-28)26-49)12-6-14-41(47)50(45)40-13-5-11-38(46(40)51-42)48-21-27-15-30(23-48)31(16-27)24-48/h1-14,19-20,27-28,30-33,44H,15-18,21-26H2. The third-order valence-electron chi connectivity index (χ3n) is 16.7. The number of fused-ring (bicyclic) bond motifs is 7. The van der Waals surface area contributed by atoms with Gasteiger partial charge in [-0.3, -0.25) is 0 Å². The van der Waals surface area contributed by atoms with Crippen LogP contribution in [-0.4, -0.2) is 6.71 Å². The van der Waals surface area contributed by atoms with Crippen molar-refractivity contribution < 1.29 is 9.47 Å². The SMILES string of the molecule is c1ccc2c(c1)-c1ccccc1C2c1cc2c3c(c1)Oc1c(cccc1C14CC5CC(C1)C(C5)C4)B3c1cccc(C34CC5CC(C3)C(C5)C4)c1O2. The number of rotatable bonds is 3. The third-order valence-corrected chi connectivity index (χ3v) is 16.7. The Balaban J connectivity index is 1.00. The number of hydrogen-bond acceptors (Lipinski definition) is 2. The van der Waals surface area contributed by atoms with Crippen LogP contribution in [0.15, 0.2) is 97.1 Å². The molecular formula is C49H43BO2. The van der Waals surface area contributed by atoms with Gasteiger partial charge in [0.15, 0.2) is 0 Å². The second kappa shape index (κ2) is 9.46. The van der Waals surface area contributed by atoms with Gasteiger partial charge in [0.05, 0.1) is 0 Å². The Morgan fingerprint density at radius 3 is 1.42 bits per heavy atom. The summed E-state index contributed by atoms with van der Waals surface area (Å²) in [5.74, 6) is 9.96. The van der Waals surface area contributed by atoms with Gasteiger partial charge >= 0.3 is 0 Å². The molecule has 4 unspecified atom stereocenters. The van der Waals surface area contributed by atoms with Gasteiger partial charge in [0.25, 0.3) is 6.71 Å². The first-order chi connectivity index (χ1) is 25.6. The Kier molecular flexibility index (Phi) is 5.15. The van der Waals surface area contributed by atoms with Crippen LogP contribution in [0.1, 0.15) is 97.9 Å². The lowest BCUT2D eigenvalue weighted by Crippen LogP contribution is -2.58. The van der Waals surface area contributed by atoms with E-state index in [9.17, 15) is 0 Å². The van der Waals surface area contributed by atoms with E-state index < -0.39 is 0 Å². The van der Waals surface area contributed by atoms with Crippen LogP contribution in [0.2, 0.25) is 0 Å². The molecule has 254 valence electrons. The number of hydrogen-bond donors (Lipinski definition) is 0. The van der Waals surface area contributed by atoms with E-state index in [4.69, 9.17) is 9.47 Å². The van der Waals surface area contributed by atoms with Gasteiger partial charge in [-0.15, -0.1) is 0 Å². The van der Waals surface area contributed by atoms with Crippen molar-refractivity contribution in [2.24, 2.45) is 35.5 Å². The molecule has 52 heavy (non-hydrogen) atoms. The zero-order valence-corrected chi connectivity index (χ0v) is 29.7. The molecule has 0 N–H and O–H groups in total. The highest BCUT2D eigenvalue weighted by molar-refractivity contribution is 6.98. The lowest BCUT2D eigenvalue weighted by molar-refractivity contribution is 0.225. The molecule has 4 atom stereocenters. The fourth-order valence-corrected chi connectivity index (χ4v) is 15.4. The molecule has 5 aromatic rings. The van der Waals surface area contributed by atoms with Crippen molar-refractivity contribution in [3.63, 3.8) is 0 Å². The van der Waals surface area contributed by atoms with Crippen molar-refractivity contribution in [3.8, 4) is 34.1 Å². The summed E-state index contributed by atoms with van der Waals surface area (Å²) in [6.07, 6.45) is 13.9. The summed E-state index contributed by atoms with van der Waals surface area (Å²) in [5.41, 5.74) is 14.3. The average Bonchev–Trinajstić information content (AvgIpc) is 3.89. The zero-order valence-electron chi connectivity index (χ0n) is 29.7. The second-order valence-electron chi connectivity index (χ2n) is 19.1. The van der Waals surface area contributed by atoms with Crippen molar-refractivity contribution in [2.45, 2.75) is 81.0 Å². The van der Waals surface area contributed by atoms with Crippen molar-refractivity contribution >= 4 is 23.1 Å². The minimum atomic E-state index is 0.119. The Morgan fingerprint density at radius 2 is 0.962 bits per heavy atom. The third kappa shape index (κ3) is 3.42. The molecule has 5 aromatic carbocycles. The van der Waals surface area contributed by atoms with Crippen LogP contribution in [0.3, 0.4) is 0 Å². The van der Waals surface area contributed by atoms with E-state index in [2.05, 4.69) is 97.1 Å². The van der Waals surface area contributed by atoms with Gasteiger partial charge < -0.3 is 9.47 Å². The Labute approximate surface area is 307 Å². The summed E-state index contributed by atoms with van der Waals surface area (Å²) in [6, 6.07) is 37.4. The van der Waals surface area contributed by atoms with Crippen LogP contribution in [0.4, 0.5) is 0 Å². The summed E-state index contributed by atoms with van der Waals surface area (Å²) < 4.78 is 14.9. The molecule has 2 heterocycles. The van der Waals surface area contributed by atoms with E-state index in [1.165, 1.54) is 131 Å². The topological polar surface area (TPSA) is 18.5 Å². The van der Waals surface area contributed by atoms with Crippen molar-refractivity contribution in [1.29, 1.82) is 0 Å². The molecular weight excluding hydrogens is 631 g/mol. The lowest BCUT2D eigenvalue weighted by atomic mass is 9.34. The molecule has 2 aliphatic heterocycles. The molecule has 2 nitrogen and oxygen atoms in total. The fraction of sp³-hybridized carbons (Fsp3) is 0.388. The quantitative estimate of drug-likeness (QED) is 0.174. The highest BCUT2D eigenvalue weighted by Crippen LogP contribution is 2.67. The van der Waals surface area contributed by atoms with Crippen LogP contribution in [0.25, 0.3) is 11.1 Å². The molecule has 11 aliphatic rings. The Hall–Kier alpha value is -4.24. The van der Waals surface area contributed by atoms with Crippen LogP contribution in [-0.2, 0) is 10.8 Å². The predicted molar refractivity (Wildman–Crippen MR) is 207 cm³/mol. The summed E-state index contributed by atoms with van der Waals surface area (Å²) >= 11 is 0. The Morgan fingerprint density at radius 1 is 0.500 bits per heavy atom. The monoisotopic (exact) mass is 674 g/mol. The zero-order chi connectivity index (χ0) is 33.5. The van der Waals surface area contributed by atoms with Gasteiger partial charge in [0, 0.05) is 22.5 Å². The Bertz CT molecular complexity index is 2220. The van der Waals surface area contributed by atoms with E-state index in [1.54, 1.807) is 0 Å².